The average Bonchev–Trinajstić information content (AvgIpc) is 3.24. The Kier molecular flexibility index (Phi) is 8.21. The van der Waals surface area contributed by atoms with Crippen molar-refractivity contribution in [1.29, 1.82) is 0 Å². The number of hydrogen-bond acceptors (Lipinski definition) is 4. The molecule has 0 radical (unpaired) electrons. The van der Waals surface area contributed by atoms with Crippen LogP contribution in [-0.2, 0) is 6.54 Å². The van der Waals surface area contributed by atoms with Gasteiger partial charge < -0.3 is 20.1 Å². The molecule has 1 aromatic rings. The van der Waals surface area contributed by atoms with E-state index in [0.717, 1.165) is 43.9 Å². The largest absolute Gasteiger partial charge is 0.474 e. The summed E-state index contributed by atoms with van der Waals surface area (Å²) < 4.78 is 6.09. The van der Waals surface area contributed by atoms with Crippen LogP contribution in [0.25, 0.3) is 0 Å². The van der Waals surface area contributed by atoms with Crippen molar-refractivity contribution < 1.29 is 9.84 Å². The number of halogens is 1. The quantitative estimate of drug-likeness (QED) is 0.402. The van der Waals surface area contributed by atoms with E-state index in [2.05, 4.69) is 22.1 Å². The number of aromatic nitrogens is 1. The molecule has 2 fully saturated rings. The van der Waals surface area contributed by atoms with Gasteiger partial charge >= 0.3 is 0 Å². The number of aliphatic hydroxyl groups is 1. The minimum absolute atomic E-state index is 0. The lowest BCUT2D eigenvalue weighted by atomic mass is 10.2. The number of ether oxygens (including phenoxy) is 1. The monoisotopic (exact) mass is 460 g/mol. The highest BCUT2D eigenvalue weighted by Gasteiger charge is 2.23. The summed E-state index contributed by atoms with van der Waals surface area (Å²) in [6.07, 6.45) is 7.34. The van der Waals surface area contributed by atoms with Crippen LogP contribution in [0.4, 0.5) is 0 Å². The molecule has 0 aromatic carbocycles. The molecule has 2 N–H and O–H groups in total. The van der Waals surface area contributed by atoms with Crippen molar-refractivity contribution in [2.24, 2.45) is 4.99 Å². The molecule has 25 heavy (non-hydrogen) atoms. The number of guanidine groups is 1. The number of nitrogens with one attached hydrogen (secondary N) is 1. The van der Waals surface area contributed by atoms with Crippen LogP contribution in [0, 0.1) is 0 Å². The number of rotatable bonds is 5. The highest BCUT2D eigenvalue weighted by molar-refractivity contribution is 14.0. The molecular weight excluding hydrogens is 431 g/mol. The molecule has 7 heteroatoms. The van der Waals surface area contributed by atoms with Crippen LogP contribution in [0.2, 0.25) is 0 Å². The number of likely N-dealkylation sites (tertiary alicyclic amines) is 1. The Morgan fingerprint density at radius 3 is 2.88 bits per heavy atom. The topological polar surface area (TPSA) is 70.0 Å². The molecule has 0 spiro atoms. The fourth-order valence-electron chi connectivity index (χ4n) is 3.33. The summed E-state index contributed by atoms with van der Waals surface area (Å²) in [5, 5.41) is 13.1. The molecule has 1 aliphatic heterocycles. The second kappa shape index (κ2) is 10.2. The minimum Gasteiger partial charge on any atom is -0.474 e. The maximum atomic E-state index is 9.75. The summed E-state index contributed by atoms with van der Waals surface area (Å²) in [5.41, 5.74) is 1.01. The Hall–Kier alpha value is -1.09. The molecule has 2 aliphatic rings. The van der Waals surface area contributed by atoms with Gasteiger partial charge in [-0.05, 0) is 45.1 Å². The molecule has 1 saturated heterocycles. The van der Waals surface area contributed by atoms with Crippen LogP contribution in [0.5, 0.6) is 5.88 Å². The van der Waals surface area contributed by atoms with Gasteiger partial charge in [-0.3, -0.25) is 0 Å². The van der Waals surface area contributed by atoms with Gasteiger partial charge in [0.1, 0.15) is 6.10 Å². The van der Waals surface area contributed by atoms with E-state index in [4.69, 9.17) is 9.73 Å². The van der Waals surface area contributed by atoms with Gasteiger partial charge in [0.2, 0.25) is 5.88 Å². The third-order valence-corrected chi connectivity index (χ3v) is 4.63. The van der Waals surface area contributed by atoms with Gasteiger partial charge in [-0.25, -0.2) is 9.98 Å². The molecule has 1 saturated carbocycles. The van der Waals surface area contributed by atoms with Gasteiger partial charge in [0.05, 0.1) is 12.6 Å². The predicted octanol–water partition coefficient (Wildman–Crippen LogP) is 2.55. The van der Waals surface area contributed by atoms with Gasteiger partial charge in [0.15, 0.2) is 5.96 Å². The van der Waals surface area contributed by atoms with Gasteiger partial charge in [0.25, 0.3) is 0 Å². The van der Waals surface area contributed by atoms with Crippen LogP contribution in [0.1, 0.15) is 44.6 Å². The Labute approximate surface area is 167 Å². The first-order valence-electron chi connectivity index (χ1n) is 9.08. The van der Waals surface area contributed by atoms with E-state index in [1.54, 1.807) is 6.20 Å². The Morgan fingerprint density at radius 2 is 2.20 bits per heavy atom. The molecule has 1 aromatic heterocycles. The van der Waals surface area contributed by atoms with E-state index in [1.165, 1.54) is 12.8 Å². The maximum Gasteiger partial charge on any atom is 0.218 e. The molecule has 1 aliphatic carbocycles. The third-order valence-electron chi connectivity index (χ3n) is 4.63. The molecule has 0 unspecified atom stereocenters. The summed E-state index contributed by atoms with van der Waals surface area (Å²) in [6.45, 7) is 4.88. The molecule has 0 bridgehead atoms. The summed E-state index contributed by atoms with van der Waals surface area (Å²) in [6, 6.07) is 3.96. The minimum atomic E-state index is -0.256. The van der Waals surface area contributed by atoms with E-state index in [-0.39, 0.29) is 30.1 Å². The number of aliphatic imine (C=N–C) groups is 1. The van der Waals surface area contributed by atoms with Gasteiger partial charge in [0, 0.05) is 31.4 Å². The zero-order chi connectivity index (χ0) is 16.8. The normalized spacial score (nSPS) is 21.3. The molecule has 2 heterocycles. The lowest BCUT2D eigenvalue weighted by molar-refractivity contribution is 0.187. The lowest BCUT2D eigenvalue weighted by Crippen LogP contribution is -2.40. The zero-order valence-corrected chi connectivity index (χ0v) is 17.2. The van der Waals surface area contributed by atoms with Crippen LogP contribution in [0.3, 0.4) is 0 Å². The van der Waals surface area contributed by atoms with Crippen LogP contribution in [0.15, 0.2) is 23.3 Å². The van der Waals surface area contributed by atoms with Gasteiger partial charge in [-0.1, -0.05) is 6.07 Å². The SMILES string of the molecule is CCNC(=NCc1cccnc1OC1CCCC1)N1CC[C@@H](O)C1.I. The fourth-order valence-corrected chi connectivity index (χ4v) is 3.33. The van der Waals surface area contributed by atoms with Crippen LogP contribution < -0.4 is 10.1 Å². The van der Waals surface area contributed by atoms with Crippen molar-refractivity contribution in [2.45, 2.75) is 57.8 Å². The smallest absolute Gasteiger partial charge is 0.218 e. The number of β-amino-alcohol motifs (C(OH)–C–C–N with tert-alkyl or cyclic N) is 1. The Bertz CT molecular complexity index is 564. The van der Waals surface area contributed by atoms with Crippen molar-refractivity contribution in [3.8, 4) is 5.88 Å². The molecule has 3 rings (SSSR count). The molecule has 0 amide bonds. The maximum absolute atomic E-state index is 9.75. The standard InChI is InChI=1S/C18H28N4O2.HI/c1-2-19-18(22-11-9-15(23)13-22)21-12-14-6-5-10-20-17(14)24-16-7-3-4-8-16;/h5-6,10,15-16,23H,2-4,7-9,11-13H2,1H3,(H,19,21);1H/t15-;/m1./s1. The van der Waals surface area contributed by atoms with Crippen molar-refractivity contribution >= 4 is 29.9 Å². The van der Waals surface area contributed by atoms with E-state index >= 15 is 0 Å². The number of pyridine rings is 1. The van der Waals surface area contributed by atoms with Crippen molar-refractivity contribution in [3.05, 3.63) is 23.9 Å². The molecule has 140 valence electrons. The van der Waals surface area contributed by atoms with Gasteiger partial charge in [-0.2, -0.15) is 0 Å². The second-order valence-corrected chi connectivity index (χ2v) is 6.55. The fraction of sp³-hybridized carbons (Fsp3) is 0.667. The summed E-state index contributed by atoms with van der Waals surface area (Å²) in [7, 11) is 0. The van der Waals surface area contributed by atoms with Crippen LogP contribution in [-0.4, -0.2) is 52.8 Å². The summed E-state index contributed by atoms with van der Waals surface area (Å²) in [4.78, 5) is 11.3. The number of hydrogen-bond donors (Lipinski definition) is 2. The van der Waals surface area contributed by atoms with E-state index in [9.17, 15) is 5.11 Å². The molecule has 6 nitrogen and oxygen atoms in total. The van der Waals surface area contributed by atoms with Gasteiger partial charge in [-0.15, -0.1) is 24.0 Å². The predicted molar refractivity (Wildman–Crippen MR) is 110 cm³/mol. The third kappa shape index (κ3) is 5.70. The van der Waals surface area contributed by atoms with Crippen molar-refractivity contribution in [1.82, 2.24) is 15.2 Å². The molecule has 1 atom stereocenters. The van der Waals surface area contributed by atoms with E-state index < -0.39 is 0 Å². The summed E-state index contributed by atoms with van der Waals surface area (Å²) in [5.74, 6) is 1.56. The van der Waals surface area contributed by atoms with E-state index in [0.29, 0.717) is 25.1 Å². The first-order valence-corrected chi connectivity index (χ1v) is 9.08. The first-order chi connectivity index (χ1) is 11.8. The molecular formula is C18H29IN4O2. The van der Waals surface area contributed by atoms with E-state index in [1.807, 2.05) is 12.1 Å². The highest BCUT2D eigenvalue weighted by Crippen LogP contribution is 2.25. The zero-order valence-electron chi connectivity index (χ0n) is 14.9. The Morgan fingerprint density at radius 1 is 1.40 bits per heavy atom. The summed E-state index contributed by atoms with van der Waals surface area (Å²) >= 11 is 0. The van der Waals surface area contributed by atoms with Crippen molar-refractivity contribution in [3.63, 3.8) is 0 Å². The second-order valence-electron chi connectivity index (χ2n) is 6.55. The number of nitrogens with zero attached hydrogens (tertiary/aromatic N) is 3. The Balaban J connectivity index is 0.00000225. The average molecular weight is 460 g/mol. The number of aliphatic hydroxyl groups excluding tert-OH is 1. The van der Waals surface area contributed by atoms with Crippen LogP contribution >= 0.6 is 24.0 Å². The first kappa shape index (κ1) is 20.2. The van der Waals surface area contributed by atoms with Crippen molar-refractivity contribution in [2.75, 3.05) is 19.6 Å². The lowest BCUT2D eigenvalue weighted by Gasteiger charge is -2.21. The highest BCUT2D eigenvalue weighted by atomic mass is 127.